The minimum atomic E-state index is -0.239. The van der Waals surface area contributed by atoms with Gasteiger partial charge in [-0.25, -0.2) is 9.37 Å². The normalized spacial score (nSPS) is 22.6. The zero-order valence-electron chi connectivity index (χ0n) is 19.9. The fourth-order valence-corrected chi connectivity index (χ4v) is 4.79. The van der Waals surface area contributed by atoms with Crippen LogP contribution in [0.2, 0.25) is 5.02 Å². The van der Waals surface area contributed by atoms with Gasteiger partial charge >= 0.3 is 0 Å². The van der Waals surface area contributed by atoms with Crippen LogP contribution in [-0.4, -0.2) is 43.4 Å². The second-order valence-corrected chi connectivity index (χ2v) is 10.5. The van der Waals surface area contributed by atoms with Gasteiger partial charge < -0.3 is 20.7 Å². The van der Waals surface area contributed by atoms with Gasteiger partial charge in [0.1, 0.15) is 11.6 Å². The third-order valence-electron chi connectivity index (χ3n) is 6.96. The van der Waals surface area contributed by atoms with E-state index in [2.05, 4.69) is 34.8 Å². The van der Waals surface area contributed by atoms with Crippen LogP contribution < -0.4 is 16.0 Å². The van der Waals surface area contributed by atoms with Gasteiger partial charge in [-0.15, -0.1) is 0 Å². The Morgan fingerprint density at radius 3 is 2.61 bits per heavy atom. The van der Waals surface area contributed by atoms with E-state index in [1.54, 1.807) is 19.4 Å². The van der Waals surface area contributed by atoms with Crippen LogP contribution in [0.4, 0.5) is 15.9 Å². The Balaban J connectivity index is 1.39. The maximum atomic E-state index is 14.4. The molecule has 1 aromatic carbocycles. The van der Waals surface area contributed by atoms with Crippen molar-refractivity contribution in [3.8, 4) is 11.1 Å². The molecule has 2 aliphatic carbocycles. The molecule has 5 nitrogen and oxygen atoms in total. The molecule has 0 amide bonds. The van der Waals surface area contributed by atoms with Crippen molar-refractivity contribution in [3.05, 3.63) is 41.3 Å². The lowest BCUT2D eigenvalue weighted by molar-refractivity contribution is 0.161. The molecule has 0 aliphatic heterocycles. The van der Waals surface area contributed by atoms with Crippen LogP contribution in [0.5, 0.6) is 0 Å². The first-order valence-electron chi connectivity index (χ1n) is 12.1. The van der Waals surface area contributed by atoms with Crippen molar-refractivity contribution in [2.75, 3.05) is 30.9 Å². The minimum absolute atomic E-state index is 0.239. The highest BCUT2D eigenvalue weighted by Crippen LogP contribution is 2.45. The second kappa shape index (κ2) is 10.6. The summed E-state index contributed by atoms with van der Waals surface area (Å²) >= 11 is 6.50. The Labute approximate surface area is 201 Å². The van der Waals surface area contributed by atoms with Crippen LogP contribution in [0.15, 0.2) is 30.5 Å². The zero-order valence-corrected chi connectivity index (χ0v) is 20.6. The quantitative estimate of drug-likeness (QED) is 0.388. The van der Waals surface area contributed by atoms with Crippen molar-refractivity contribution >= 4 is 23.1 Å². The van der Waals surface area contributed by atoms with E-state index >= 15 is 0 Å². The summed E-state index contributed by atoms with van der Waals surface area (Å²) in [7, 11) is 1.74. The van der Waals surface area contributed by atoms with Gasteiger partial charge in [-0.3, -0.25) is 0 Å². The lowest BCUT2D eigenvalue weighted by Gasteiger charge is -2.32. The van der Waals surface area contributed by atoms with Crippen LogP contribution in [0.1, 0.15) is 52.4 Å². The van der Waals surface area contributed by atoms with Crippen LogP contribution in [0, 0.1) is 11.2 Å². The van der Waals surface area contributed by atoms with Crippen molar-refractivity contribution in [2.24, 2.45) is 5.41 Å². The number of hydrogen-bond donors (Lipinski definition) is 3. The number of rotatable bonds is 10. The Kier molecular flexibility index (Phi) is 7.77. The number of anilines is 2. The molecule has 33 heavy (non-hydrogen) atoms. The molecule has 1 aromatic heterocycles. The minimum Gasteiger partial charge on any atom is -0.383 e. The molecule has 7 heteroatoms. The van der Waals surface area contributed by atoms with Crippen molar-refractivity contribution in [1.29, 1.82) is 0 Å². The first-order chi connectivity index (χ1) is 15.8. The molecule has 180 valence electrons. The number of ether oxygens (including phenoxy) is 1. The first-order valence-corrected chi connectivity index (χ1v) is 12.4. The maximum Gasteiger partial charge on any atom is 0.146 e. The molecule has 2 aromatic rings. The summed E-state index contributed by atoms with van der Waals surface area (Å²) in [5.41, 5.74) is 2.56. The average Bonchev–Trinajstić information content (AvgIpc) is 3.53. The fourth-order valence-electron chi connectivity index (χ4n) is 4.58. The number of nitrogens with zero attached hydrogens (tertiary/aromatic N) is 1. The van der Waals surface area contributed by atoms with E-state index in [0.29, 0.717) is 34.3 Å². The van der Waals surface area contributed by atoms with Gasteiger partial charge in [0.05, 0.1) is 17.3 Å². The molecule has 1 heterocycles. The lowest BCUT2D eigenvalue weighted by atomic mass is 9.90. The highest BCUT2D eigenvalue weighted by atomic mass is 35.5. The molecule has 2 saturated carbocycles. The lowest BCUT2D eigenvalue weighted by Crippen LogP contribution is -2.42. The highest BCUT2D eigenvalue weighted by molar-refractivity contribution is 6.33. The second-order valence-electron chi connectivity index (χ2n) is 10.1. The van der Waals surface area contributed by atoms with Gasteiger partial charge in [-0.2, -0.15) is 0 Å². The van der Waals surface area contributed by atoms with E-state index in [1.165, 1.54) is 18.9 Å². The van der Waals surface area contributed by atoms with Crippen LogP contribution in [0.25, 0.3) is 11.1 Å². The largest absolute Gasteiger partial charge is 0.383 e. The Bertz CT molecular complexity index is 944. The molecule has 0 unspecified atom stereocenters. The van der Waals surface area contributed by atoms with Crippen LogP contribution in [-0.2, 0) is 4.74 Å². The molecule has 0 radical (unpaired) electrons. The van der Waals surface area contributed by atoms with E-state index in [0.717, 1.165) is 55.8 Å². The summed E-state index contributed by atoms with van der Waals surface area (Å²) in [5, 5.41) is 11.1. The summed E-state index contributed by atoms with van der Waals surface area (Å²) in [5.74, 6) is 0.569. The number of hydrogen-bond acceptors (Lipinski definition) is 5. The molecule has 2 aliphatic rings. The predicted octanol–water partition coefficient (Wildman–Crippen LogP) is 6.10. The van der Waals surface area contributed by atoms with Crippen molar-refractivity contribution in [1.82, 2.24) is 10.3 Å². The summed E-state index contributed by atoms with van der Waals surface area (Å²) < 4.78 is 19.6. The molecule has 1 atom stereocenters. The Hall–Kier alpha value is -1.89. The monoisotopic (exact) mass is 474 g/mol. The fraction of sp³-hybridized carbons (Fsp3) is 0.577. The van der Waals surface area contributed by atoms with Gasteiger partial charge in [0, 0.05) is 43.5 Å². The molecule has 2 fully saturated rings. The summed E-state index contributed by atoms with van der Waals surface area (Å²) in [4.78, 5) is 4.50. The number of halogens is 2. The molecule has 0 spiro atoms. The van der Waals surface area contributed by atoms with E-state index < -0.39 is 0 Å². The highest BCUT2D eigenvalue weighted by Gasteiger charge is 2.36. The number of aromatic nitrogens is 1. The van der Waals surface area contributed by atoms with Gasteiger partial charge in [0.2, 0.25) is 0 Å². The number of pyridine rings is 1. The molecular weight excluding hydrogens is 439 g/mol. The zero-order chi connectivity index (χ0) is 23.4. The van der Waals surface area contributed by atoms with Crippen LogP contribution in [0.3, 0.4) is 0 Å². The third kappa shape index (κ3) is 6.58. The van der Waals surface area contributed by atoms with E-state index in [1.807, 2.05) is 12.1 Å². The van der Waals surface area contributed by atoms with E-state index in [-0.39, 0.29) is 5.82 Å². The molecule has 4 rings (SSSR count). The van der Waals surface area contributed by atoms with Gasteiger partial charge in [-0.1, -0.05) is 24.6 Å². The first kappa shape index (κ1) is 24.2. The molecule has 0 bridgehead atoms. The smallest absolute Gasteiger partial charge is 0.146 e. The SMILES string of the molecule is COC[C@H](C)N[C@H]1CC[C@H](Nc2cc(-c3ccc(F)c(NCC4(C)CC4)c3)c(Cl)cn2)CC1. The van der Waals surface area contributed by atoms with E-state index in [4.69, 9.17) is 16.3 Å². The standard InChI is InChI=1S/C26H36ClFN4O/c1-17(15-33-3)31-19-5-7-20(8-6-19)32-25-13-21(22(27)14-29-25)18-4-9-23(28)24(12-18)30-16-26(2)10-11-26/h4,9,12-14,17,19-20,30-31H,5-8,10-11,15-16H2,1-3H3,(H,29,32)/t17-,19-,20-/m0/s1. The summed E-state index contributed by atoms with van der Waals surface area (Å²) in [6.07, 6.45) is 8.48. The van der Waals surface area contributed by atoms with Crippen molar-refractivity contribution < 1.29 is 9.13 Å². The Morgan fingerprint density at radius 2 is 1.91 bits per heavy atom. The number of nitrogens with one attached hydrogen (secondary N) is 3. The van der Waals surface area contributed by atoms with Gasteiger partial charge in [-0.05, 0) is 74.6 Å². The van der Waals surface area contributed by atoms with E-state index in [9.17, 15) is 4.39 Å². The average molecular weight is 475 g/mol. The summed E-state index contributed by atoms with van der Waals surface area (Å²) in [6, 6.07) is 8.40. The Morgan fingerprint density at radius 1 is 1.18 bits per heavy atom. The number of methoxy groups -OCH3 is 1. The van der Waals surface area contributed by atoms with Crippen LogP contribution >= 0.6 is 11.6 Å². The summed E-state index contributed by atoms with van der Waals surface area (Å²) in [6.45, 7) is 5.90. The van der Waals surface area contributed by atoms with Crippen molar-refractivity contribution in [2.45, 2.75) is 70.5 Å². The molecule has 3 N–H and O–H groups in total. The molecular formula is C26H36ClFN4O. The van der Waals surface area contributed by atoms with Gasteiger partial charge in [0.15, 0.2) is 0 Å². The maximum absolute atomic E-state index is 14.4. The molecule has 0 saturated heterocycles. The predicted molar refractivity (Wildman–Crippen MR) is 135 cm³/mol. The topological polar surface area (TPSA) is 58.2 Å². The third-order valence-corrected chi connectivity index (χ3v) is 7.26. The van der Waals surface area contributed by atoms with Gasteiger partial charge in [0.25, 0.3) is 0 Å². The number of benzene rings is 1. The van der Waals surface area contributed by atoms with Crippen molar-refractivity contribution in [3.63, 3.8) is 0 Å².